The Morgan fingerprint density at radius 2 is 1.56 bits per heavy atom. The number of nitrogen functional groups attached to an aromatic ring is 1. The van der Waals surface area contributed by atoms with Gasteiger partial charge in [0.15, 0.2) is 0 Å². The predicted molar refractivity (Wildman–Crippen MR) is 291 cm³/mol. The molecular formula is C58H63F3N12O7. The number of alkyl halides is 3. The second-order valence-corrected chi connectivity index (χ2v) is 22.1. The highest BCUT2D eigenvalue weighted by Crippen LogP contribution is 2.40. The fourth-order valence-electron chi connectivity index (χ4n) is 12.5. The molecule has 6 aliphatic rings. The summed E-state index contributed by atoms with van der Waals surface area (Å²) in [7, 11) is 0. The number of allylic oxidation sites excluding steroid dienone is 1. The highest BCUT2D eigenvalue weighted by atomic mass is 19.4. The first-order valence-corrected chi connectivity index (χ1v) is 27.7. The number of halogens is 3. The SMILES string of the molecule is Nc1ncc2c3c1c(-c1ccc(C(=O)Nc4cc(C(F)(F)F)ccn4)cc1)nn3[C@@H]1CCC[C@H](C1)NC(=O)CN(C(=O)CC1CCN(CC3CCN(c4ccc5c(c4)C(=O)N(C4CCC(=O)NC4=O)C5=O)CC3)CC1)CCC/C=C/2. The fraction of sp³-hybridized carbons (Fsp3) is 0.448. The van der Waals surface area contributed by atoms with Gasteiger partial charge in [0.1, 0.15) is 23.4 Å². The van der Waals surface area contributed by atoms with Gasteiger partial charge in [-0.25, -0.2) is 9.97 Å². The molecule has 2 bridgehead atoms. The monoisotopic (exact) mass is 1100 g/mol. The summed E-state index contributed by atoms with van der Waals surface area (Å²) in [5.74, 6) is -2.18. The Morgan fingerprint density at radius 1 is 0.800 bits per heavy atom. The maximum absolute atomic E-state index is 14.1. The third-order valence-corrected chi connectivity index (χ3v) is 16.8. The van der Waals surface area contributed by atoms with Crippen molar-refractivity contribution in [2.45, 2.75) is 108 Å². The largest absolute Gasteiger partial charge is 0.416 e. The number of likely N-dealkylation sites (tertiary alicyclic amines) is 1. The minimum absolute atomic E-state index is 0.0133. The van der Waals surface area contributed by atoms with Crippen LogP contribution in [0.15, 0.2) is 73.1 Å². The average molecular weight is 1100 g/mol. The van der Waals surface area contributed by atoms with E-state index in [0.717, 1.165) is 118 Å². The van der Waals surface area contributed by atoms with Crippen molar-refractivity contribution in [1.29, 1.82) is 0 Å². The second kappa shape index (κ2) is 22.6. The number of benzene rings is 2. The van der Waals surface area contributed by atoms with Crippen LogP contribution in [0.4, 0.5) is 30.5 Å². The van der Waals surface area contributed by atoms with Crippen LogP contribution in [0.3, 0.4) is 0 Å². The van der Waals surface area contributed by atoms with E-state index in [9.17, 15) is 46.7 Å². The normalized spacial score (nSPS) is 22.4. The lowest BCUT2D eigenvalue weighted by atomic mass is 9.90. The van der Waals surface area contributed by atoms with Crippen molar-refractivity contribution in [3.8, 4) is 11.3 Å². The molecule has 5 aromatic rings. The fourth-order valence-corrected chi connectivity index (χ4v) is 12.5. The molecule has 3 saturated heterocycles. The lowest BCUT2D eigenvalue weighted by Gasteiger charge is -2.38. The molecule has 3 aromatic heterocycles. The van der Waals surface area contributed by atoms with Crippen molar-refractivity contribution in [3.63, 3.8) is 0 Å². The molecule has 22 heteroatoms. The van der Waals surface area contributed by atoms with Crippen LogP contribution in [0, 0.1) is 11.8 Å². The highest BCUT2D eigenvalue weighted by Gasteiger charge is 2.45. The number of imide groups is 2. The van der Waals surface area contributed by atoms with E-state index in [1.165, 1.54) is 0 Å². The number of amides is 7. The second-order valence-electron chi connectivity index (χ2n) is 22.1. The van der Waals surface area contributed by atoms with E-state index in [4.69, 9.17) is 10.8 Å². The quantitative estimate of drug-likeness (QED) is 0.109. The number of rotatable bonds is 9. The maximum atomic E-state index is 14.1. The summed E-state index contributed by atoms with van der Waals surface area (Å²) < 4.78 is 41.9. The van der Waals surface area contributed by atoms with Crippen LogP contribution in [-0.4, -0.2) is 134 Å². The molecule has 8 heterocycles. The van der Waals surface area contributed by atoms with Crippen LogP contribution < -0.4 is 26.6 Å². The molecular weight excluding hydrogens is 1030 g/mol. The molecule has 5 N–H and O–H groups in total. The number of hydrogen-bond acceptors (Lipinski definition) is 13. The number of nitrogens with two attached hydrogens (primary N) is 1. The summed E-state index contributed by atoms with van der Waals surface area (Å²) in [5, 5.41) is 13.7. The number of hydrogen-bond donors (Lipinski definition) is 4. The van der Waals surface area contributed by atoms with Gasteiger partial charge in [0, 0.05) is 79.8 Å². The van der Waals surface area contributed by atoms with Gasteiger partial charge in [-0.3, -0.25) is 48.5 Å². The van der Waals surface area contributed by atoms with Crippen molar-refractivity contribution in [3.05, 3.63) is 101 Å². The molecule has 11 rings (SSSR count). The van der Waals surface area contributed by atoms with Gasteiger partial charge in [-0.2, -0.15) is 18.3 Å². The molecule has 19 nitrogen and oxygen atoms in total. The molecule has 2 aromatic carbocycles. The van der Waals surface area contributed by atoms with E-state index in [2.05, 4.69) is 35.7 Å². The summed E-state index contributed by atoms with van der Waals surface area (Å²) in [6.45, 7) is 4.73. The summed E-state index contributed by atoms with van der Waals surface area (Å²) >= 11 is 0. The van der Waals surface area contributed by atoms with Gasteiger partial charge in [0.25, 0.3) is 17.7 Å². The topological polar surface area (TPSA) is 238 Å². The molecule has 5 aliphatic heterocycles. The standard InChI is InChI=1S/C58H63F3N12O7/c59-58(60,61)39-16-21-63-46(28-39)66-54(77)37-10-8-36(9-11-37)51-50-52-38(31-64-53(50)62)5-2-1-3-22-71(33-48(75)65-40-6-4-7-42(29-40)73(52)68-51)49(76)27-34-17-23-69(24-18-34)32-35-19-25-70(26-20-35)41-12-13-43-44(30-41)57(80)72(56(43)79)45-14-15-47(74)67-55(45)78/h2,5,8-13,16,21,28,30-31,34-35,40,42,45H,1,3-4,6-7,14-15,17-20,22-27,29,32-33H2,(H2,62,64)(H,65,75)(H,63,66,77)(H,67,74,78)/b5-2+/t40-,42-,45?/m1/s1. The molecule has 1 saturated carbocycles. The Bertz CT molecular complexity index is 3290. The Kier molecular flexibility index (Phi) is 15.3. The number of nitrogens with zero attached hydrogens (tertiary/aromatic N) is 8. The average Bonchev–Trinajstić information content (AvgIpc) is 4.03. The van der Waals surface area contributed by atoms with E-state index >= 15 is 0 Å². The highest BCUT2D eigenvalue weighted by molar-refractivity contribution is 6.23. The molecule has 80 heavy (non-hydrogen) atoms. The Labute approximate surface area is 459 Å². The van der Waals surface area contributed by atoms with E-state index in [1.54, 1.807) is 47.5 Å². The molecule has 418 valence electrons. The van der Waals surface area contributed by atoms with Gasteiger partial charge < -0.3 is 31.1 Å². The minimum atomic E-state index is -4.59. The first kappa shape index (κ1) is 54.0. The molecule has 3 atom stereocenters. The summed E-state index contributed by atoms with van der Waals surface area (Å²) in [4.78, 5) is 108. The van der Waals surface area contributed by atoms with Crippen molar-refractivity contribution < 1.29 is 46.7 Å². The van der Waals surface area contributed by atoms with E-state index in [-0.39, 0.29) is 77.5 Å². The van der Waals surface area contributed by atoms with Crippen LogP contribution in [0.25, 0.3) is 28.2 Å². The van der Waals surface area contributed by atoms with Crippen molar-refractivity contribution >= 4 is 75.7 Å². The van der Waals surface area contributed by atoms with Crippen LogP contribution in [0.1, 0.15) is 132 Å². The zero-order valence-electron chi connectivity index (χ0n) is 44.2. The van der Waals surface area contributed by atoms with Gasteiger partial charge in [0.05, 0.1) is 40.2 Å². The summed E-state index contributed by atoms with van der Waals surface area (Å²) in [5.41, 5.74) is 10.1. The van der Waals surface area contributed by atoms with Gasteiger partial charge in [0.2, 0.25) is 23.6 Å². The molecule has 0 radical (unpaired) electrons. The molecule has 7 amide bonds. The van der Waals surface area contributed by atoms with Crippen LogP contribution in [0.2, 0.25) is 0 Å². The van der Waals surface area contributed by atoms with Gasteiger partial charge in [-0.05, 0) is 138 Å². The maximum Gasteiger partial charge on any atom is 0.416 e. The lowest BCUT2D eigenvalue weighted by Crippen LogP contribution is -2.54. The number of piperidine rings is 3. The van der Waals surface area contributed by atoms with Crippen molar-refractivity contribution in [2.24, 2.45) is 11.8 Å². The van der Waals surface area contributed by atoms with Crippen molar-refractivity contribution in [2.75, 3.05) is 61.8 Å². The van der Waals surface area contributed by atoms with Crippen LogP contribution in [0.5, 0.6) is 0 Å². The first-order chi connectivity index (χ1) is 38.5. The molecule has 4 fully saturated rings. The number of nitrogens with one attached hydrogen (secondary N) is 3. The number of aromatic nitrogens is 4. The lowest BCUT2D eigenvalue weighted by molar-refractivity contribution is -0.138. The number of fused-ring (bicyclic) bond motifs is 4. The van der Waals surface area contributed by atoms with Gasteiger partial charge >= 0.3 is 6.18 Å². The van der Waals surface area contributed by atoms with E-state index < -0.39 is 47.3 Å². The van der Waals surface area contributed by atoms with Gasteiger partial charge in [-0.15, -0.1) is 0 Å². The van der Waals surface area contributed by atoms with Crippen LogP contribution >= 0.6 is 0 Å². The Morgan fingerprint density at radius 3 is 2.33 bits per heavy atom. The number of anilines is 3. The predicted octanol–water partition coefficient (Wildman–Crippen LogP) is 7.00. The smallest absolute Gasteiger partial charge is 0.383 e. The van der Waals surface area contributed by atoms with E-state index in [0.29, 0.717) is 54.8 Å². The molecule has 1 unspecified atom stereocenters. The Balaban J connectivity index is 0.691. The number of carbonyl (C=O) groups excluding carboxylic acids is 7. The van der Waals surface area contributed by atoms with Crippen molar-refractivity contribution in [1.82, 2.24) is 45.1 Å². The summed E-state index contributed by atoms with van der Waals surface area (Å²) in [6, 6.07) is 12.1. The first-order valence-electron chi connectivity index (χ1n) is 27.7. The number of pyridine rings is 2. The molecule has 1 aliphatic carbocycles. The third kappa shape index (κ3) is 11.4. The zero-order valence-corrected chi connectivity index (χ0v) is 44.2. The Hall–Kier alpha value is -8.01. The minimum Gasteiger partial charge on any atom is -0.383 e. The summed E-state index contributed by atoms with van der Waals surface area (Å²) in [6.07, 6.45) is 10.7. The molecule has 0 spiro atoms. The van der Waals surface area contributed by atoms with Gasteiger partial charge in [-0.1, -0.05) is 24.3 Å². The third-order valence-electron chi connectivity index (χ3n) is 16.8. The van der Waals surface area contributed by atoms with Crippen LogP contribution in [-0.2, 0) is 25.4 Å². The number of carbonyl (C=O) groups is 7. The zero-order chi connectivity index (χ0) is 55.8. The van der Waals surface area contributed by atoms with E-state index in [1.807, 2.05) is 22.9 Å².